The second-order valence-electron chi connectivity index (χ2n) is 5.31. The van der Waals surface area contributed by atoms with Crippen molar-refractivity contribution < 1.29 is 4.79 Å². The number of nitrogens with zero attached hydrogens (tertiary/aromatic N) is 1. The molecule has 2 aromatic carbocycles. The number of rotatable bonds is 1. The molecule has 4 rings (SSSR count). The Morgan fingerprint density at radius 2 is 1.68 bits per heavy atom. The van der Waals surface area contributed by atoms with Gasteiger partial charge in [0.25, 0.3) is 0 Å². The van der Waals surface area contributed by atoms with E-state index in [2.05, 4.69) is 36.4 Å². The van der Waals surface area contributed by atoms with Gasteiger partial charge in [-0.05, 0) is 23.1 Å². The van der Waals surface area contributed by atoms with Gasteiger partial charge in [-0.1, -0.05) is 54.6 Å². The van der Waals surface area contributed by atoms with Crippen LogP contribution in [0.3, 0.4) is 0 Å². The summed E-state index contributed by atoms with van der Waals surface area (Å²) < 4.78 is 0. The summed E-state index contributed by atoms with van der Waals surface area (Å²) in [5.74, 6) is 0.299. The summed E-state index contributed by atoms with van der Waals surface area (Å²) in [6.45, 7) is 0.865. The monoisotopic (exact) mass is 249 g/mol. The second kappa shape index (κ2) is 3.95. The third kappa shape index (κ3) is 1.46. The first-order chi connectivity index (χ1) is 9.36. The van der Waals surface area contributed by atoms with Gasteiger partial charge in [0.1, 0.15) is 0 Å². The number of amides is 1. The summed E-state index contributed by atoms with van der Waals surface area (Å²) in [7, 11) is 0. The molecule has 0 aliphatic carbocycles. The molecule has 1 fully saturated rings. The molecule has 19 heavy (non-hydrogen) atoms. The zero-order valence-electron chi connectivity index (χ0n) is 10.6. The lowest BCUT2D eigenvalue weighted by Crippen LogP contribution is -2.56. The largest absolute Gasteiger partial charge is 0.334 e. The van der Waals surface area contributed by atoms with Gasteiger partial charge in [0.15, 0.2) is 0 Å². The average Bonchev–Trinajstić information content (AvgIpc) is 2.47. The van der Waals surface area contributed by atoms with Crippen molar-refractivity contribution in [2.24, 2.45) is 0 Å². The summed E-state index contributed by atoms with van der Waals surface area (Å²) >= 11 is 0. The summed E-state index contributed by atoms with van der Waals surface area (Å²) in [5.41, 5.74) is 3.88. The van der Waals surface area contributed by atoms with E-state index in [0.29, 0.717) is 0 Å². The van der Waals surface area contributed by atoms with Crippen LogP contribution in [0.15, 0.2) is 54.6 Å². The molecule has 2 heterocycles. The maximum atomic E-state index is 12.3. The Morgan fingerprint density at radius 1 is 0.947 bits per heavy atom. The molecule has 94 valence electrons. The number of fused-ring (bicyclic) bond motifs is 3. The van der Waals surface area contributed by atoms with Crippen molar-refractivity contribution in [3.8, 4) is 0 Å². The highest BCUT2D eigenvalue weighted by Crippen LogP contribution is 2.49. The van der Waals surface area contributed by atoms with Gasteiger partial charge < -0.3 is 4.90 Å². The predicted molar refractivity (Wildman–Crippen MR) is 73.8 cm³/mol. The highest BCUT2D eigenvalue weighted by Gasteiger charge is 2.50. The number of benzene rings is 2. The Balaban J connectivity index is 1.79. The van der Waals surface area contributed by atoms with Crippen molar-refractivity contribution in [2.75, 3.05) is 6.54 Å². The Bertz CT molecular complexity index is 635. The van der Waals surface area contributed by atoms with E-state index in [1.54, 1.807) is 0 Å². The van der Waals surface area contributed by atoms with Crippen LogP contribution in [0.1, 0.15) is 28.7 Å². The zero-order chi connectivity index (χ0) is 12.8. The van der Waals surface area contributed by atoms with Crippen LogP contribution in [-0.4, -0.2) is 17.4 Å². The van der Waals surface area contributed by atoms with Crippen LogP contribution in [0.4, 0.5) is 0 Å². The zero-order valence-corrected chi connectivity index (χ0v) is 10.6. The first kappa shape index (κ1) is 10.8. The molecule has 0 radical (unpaired) electrons. The van der Waals surface area contributed by atoms with Gasteiger partial charge in [0.2, 0.25) is 5.91 Å². The fourth-order valence-corrected chi connectivity index (χ4v) is 3.42. The van der Waals surface area contributed by atoms with Crippen molar-refractivity contribution in [1.29, 1.82) is 0 Å². The molecule has 2 aliphatic heterocycles. The van der Waals surface area contributed by atoms with Crippen molar-refractivity contribution in [1.82, 2.24) is 4.90 Å². The van der Waals surface area contributed by atoms with Crippen molar-refractivity contribution in [3.05, 3.63) is 71.3 Å². The van der Waals surface area contributed by atoms with Crippen molar-refractivity contribution in [3.63, 3.8) is 0 Å². The number of hydrogen-bond donors (Lipinski definition) is 0. The first-order valence-electron chi connectivity index (χ1n) is 6.79. The van der Waals surface area contributed by atoms with Crippen LogP contribution in [0.2, 0.25) is 0 Å². The van der Waals surface area contributed by atoms with Crippen molar-refractivity contribution in [2.45, 2.75) is 18.4 Å². The van der Waals surface area contributed by atoms with Gasteiger partial charge in [-0.3, -0.25) is 4.79 Å². The fraction of sp³-hybridized carbons (Fsp3) is 0.235. The number of carbonyl (C=O) groups excluding carboxylic acids is 1. The molecule has 0 N–H and O–H groups in total. The third-order valence-corrected chi connectivity index (χ3v) is 4.36. The molecule has 1 saturated heterocycles. The van der Waals surface area contributed by atoms with Crippen LogP contribution in [0.25, 0.3) is 0 Å². The predicted octanol–water partition coefficient (Wildman–Crippen LogP) is 2.91. The minimum absolute atomic E-state index is 0.0163. The van der Waals surface area contributed by atoms with Crippen LogP contribution >= 0.6 is 0 Å². The van der Waals surface area contributed by atoms with Gasteiger partial charge in [-0.25, -0.2) is 0 Å². The minimum Gasteiger partial charge on any atom is -0.334 e. The molecule has 0 spiro atoms. The minimum atomic E-state index is 0.0163. The molecule has 0 bridgehead atoms. The molecule has 2 nitrogen and oxygen atoms in total. The Hall–Kier alpha value is -2.09. The SMILES string of the molecule is O=C1[C@H](c2ccccc2)[C@H]2c3ccccc3CCN12. The normalized spacial score (nSPS) is 24.4. The third-order valence-electron chi connectivity index (χ3n) is 4.36. The van der Waals surface area contributed by atoms with E-state index in [1.807, 2.05) is 23.1 Å². The summed E-state index contributed by atoms with van der Waals surface area (Å²) in [6.07, 6.45) is 0.986. The maximum absolute atomic E-state index is 12.3. The van der Waals surface area contributed by atoms with E-state index in [9.17, 15) is 4.79 Å². The van der Waals surface area contributed by atoms with E-state index >= 15 is 0 Å². The molecule has 0 aromatic heterocycles. The number of hydrogen-bond acceptors (Lipinski definition) is 1. The number of carbonyl (C=O) groups is 1. The molecule has 0 saturated carbocycles. The Kier molecular flexibility index (Phi) is 2.25. The fourth-order valence-electron chi connectivity index (χ4n) is 3.42. The standard InChI is InChI=1S/C17H15NO/c19-17-15(13-7-2-1-3-8-13)16-14-9-5-4-6-12(14)10-11-18(16)17/h1-9,15-16H,10-11H2/t15-,16-/m1/s1. The molecule has 0 unspecified atom stereocenters. The van der Waals surface area contributed by atoms with E-state index in [1.165, 1.54) is 11.1 Å². The number of β-lactam (4-membered cyclic amide) rings is 1. The molecule has 1 amide bonds. The quantitative estimate of drug-likeness (QED) is 0.712. The average molecular weight is 249 g/mol. The van der Waals surface area contributed by atoms with Crippen LogP contribution in [-0.2, 0) is 11.2 Å². The lowest BCUT2D eigenvalue weighted by Gasteiger charge is -2.51. The van der Waals surface area contributed by atoms with Crippen LogP contribution in [0, 0.1) is 0 Å². The molecular weight excluding hydrogens is 234 g/mol. The summed E-state index contributed by atoms with van der Waals surface area (Å²) in [6, 6.07) is 18.9. The molecule has 2 aromatic rings. The van der Waals surface area contributed by atoms with Crippen LogP contribution in [0.5, 0.6) is 0 Å². The lowest BCUT2D eigenvalue weighted by atomic mass is 9.74. The van der Waals surface area contributed by atoms with E-state index < -0.39 is 0 Å². The van der Waals surface area contributed by atoms with Gasteiger partial charge in [0, 0.05) is 6.54 Å². The summed E-state index contributed by atoms with van der Waals surface area (Å²) in [5, 5.41) is 0. The highest BCUT2D eigenvalue weighted by molar-refractivity contribution is 5.92. The van der Waals surface area contributed by atoms with E-state index in [4.69, 9.17) is 0 Å². The Morgan fingerprint density at radius 3 is 2.53 bits per heavy atom. The Labute approximate surface area is 112 Å². The van der Waals surface area contributed by atoms with Gasteiger partial charge in [0.05, 0.1) is 12.0 Å². The van der Waals surface area contributed by atoms with Crippen LogP contribution < -0.4 is 0 Å². The molecule has 2 atom stereocenters. The molecular formula is C17H15NO. The smallest absolute Gasteiger partial charge is 0.233 e. The molecule has 2 heteroatoms. The van der Waals surface area contributed by atoms with Gasteiger partial charge in [-0.15, -0.1) is 0 Å². The highest BCUT2D eigenvalue weighted by atomic mass is 16.2. The lowest BCUT2D eigenvalue weighted by molar-refractivity contribution is -0.151. The van der Waals surface area contributed by atoms with E-state index in [0.717, 1.165) is 18.5 Å². The van der Waals surface area contributed by atoms with Gasteiger partial charge >= 0.3 is 0 Å². The maximum Gasteiger partial charge on any atom is 0.233 e. The molecule has 2 aliphatic rings. The van der Waals surface area contributed by atoms with Gasteiger partial charge in [-0.2, -0.15) is 0 Å². The van der Waals surface area contributed by atoms with Crippen molar-refractivity contribution >= 4 is 5.91 Å². The van der Waals surface area contributed by atoms with E-state index in [-0.39, 0.29) is 17.9 Å². The topological polar surface area (TPSA) is 20.3 Å². The second-order valence-corrected chi connectivity index (χ2v) is 5.31. The summed E-state index contributed by atoms with van der Waals surface area (Å²) in [4.78, 5) is 14.4. The first-order valence-corrected chi connectivity index (χ1v) is 6.79.